The number of aryl methyl sites for hydroxylation is 2. The summed E-state index contributed by atoms with van der Waals surface area (Å²) in [5.74, 6) is 2.69. The highest BCUT2D eigenvalue weighted by molar-refractivity contribution is 14.0. The highest BCUT2D eigenvalue weighted by Gasteiger charge is 2.13. The fourth-order valence-corrected chi connectivity index (χ4v) is 3.04. The fourth-order valence-electron chi connectivity index (χ4n) is 3.04. The van der Waals surface area contributed by atoms with Gasteiger partial charge in [0.15, 0.2) is 5.96 Å². The molecule has 3 N–H and O–H groups in total. The number of rotatable bonds is 8. The van der Waals surface area contributed by atoms with Crippen LogP contribution in [0.1, 0.15) is 43.6 Å². The number of aliphatic imine (C=N–C) groups is 1. The van der Waals surface area contributed by atoms with Gasteiger partial charge in [0.25, 0.3) is 0 Å². The van der Waals surface area contributed by atoms with Crippen molar-refractivity contribution in [1.82, 2.24) is 25.8 Å². The Balaban J connectivity index is 0.00000280. The molecule has 0 saturated carbocycles. The van der Waals surface area contributed by atoms with Gasteiger partial charge in [0.2, 0.25) is 0 Å². The minimum Gasteiger partial charge on any atom is -0.361 e. The van der Waals surface area contributed by atoms with E-state index in [-0.39, 0.29) is 24.0 Å². The number of H-pyrrole nitrogens is 1. The van der Waals surface area contributed by atoms with Crippen molar-refractivity contribution < 1.29 is 4.52 Å². The molecule has 2 aromatic heterocycles. The van der Waals surface area contributed by atoms with Crippen molar-refractivity contribution in [3.8, 4) is 0 Å². The molecule has 0 bridgehead atoms. The van der Waals surface area contributed by atoms with Crippen LogP contribution in [0.4, 0.5) is 0 Å². The van der Waals surface area contributed by atoms with E-state index in [9.17, 15) is 0 Å². The zero-order chi connectivity index (χ0) is 19.1. The molecule has 1 aromatic carbocycles. The van der Waals surface area contributed by atoms with Crippen LogP contribution in [-0.4, -0.2) is 34.2 Å². The van der Waals surface area contributed by atoms with Gasteiger partial charge >= 0.3 is 0 Å². The molecular formula is C20H29IN6O. The number of halogens is 1. The maximum absolute atomic E-state index is 5.42. The predicted molar refractivity (Wildman–Crippen MR) is 123 cm³/mol. The average molecular weight is 496 g/mol. The minimum atomic E-state index is 0. The summed E-state index contributed by atoms with van der Waals surface area (Å²) in [6, 6.07) is 8.07. The Morgan fingerprint density at radius 3 is 2.68 bits per heavy atom. The highest BCUT2D eigenvalue weighted by Crippen LogP contribution is 2.16. The van der Waals surface area contributed by atoms with Gasteiger partial charge in [0, 0.05) is 31.5 Å². The van der Waals surface area contributed by atoms with Gasteiger partial charge in [-0.05, 0) is 25.5 Å². The Hall–Kier alpha value is -2.10. The first-order valence-corrected chi connectivity index (χ1v) is 9.67. The third-order valence-electron chi connectivity index (χ3n) is 4.44. The van der Waals surface area contributed by atoms with Crippen LogP contribution in [0.2, 0.25) is 0 Å². The number of nitrogens with one attached hydrogen (secondary N) is 3. The zero-order valence-electron chi connectivity index (χ0n) is 16.7. The number of aromatic amines is 1. The van der Waals surface area contributed by atoms with Gasteiger partial charge < -0.3 is 20.1 Å². The number of fused-ring (bicyclic) bond motifs is 1. The van der Waals surface area contributed by atoms with E-state index in [2.05, 4.69) is 46.5 Å². The lowest BCUT2D eigenvalue weighted by atomic mass is 10.1. The van der Waals surface area contributed by atoms with Crippen LogP contribution in [0.3, 0.4) is 0 Å². The van der Waals surface area contributed by atoms with E-state index >= 15 is 0 Å². The van der Waals surface area contributed by atoms with Crippen LogP contribution in [-0.2, 0) is 25.8 Å². The van der Waals surface area contributed by atoms with E-state index in [1.54, 1.807) is 0 Å². The summed E-state index contributed by atoms with van der Waals surface area (Å²) in [7, 11) is 0. The number of para-hydroxylation sites is 2. The highest BCUT2D eigenvalue weighted by atomic mass is 127. The van der Waals surface area contributed by atoms with Gasteiger partial charge in [0.05, 0.1) is 23.3 Å². The van der Waals surface area contributed by atoms with Crippen molar-refractivity contribution in [2.45, 2.75) is 46.6 Å². The lowest BCUT2D eigenvalue weighted by Crippen LogP contribution is -2.38. The van der Waals surface area contributed by atoms with Crippen LogP contribution >= 0.6 is 24.0 Å². The monoisotopic (exact) mass is 496 g/mol. The molecule has 0 fully saturated rings. The van der Waals surface area contributed by atoms with Crippen LogP contribution in [0, 0.1) is 0 Å². The van der Waals surface area contributed by atoms with E-state index in [4.69, 9.17) is 9.52 Å². The third kappa shape index (κ3) is 5.46. The molecule has 3 rings (SSSR count). The molecular weight excluding hydrogens is 467 g/mol. The summed E-state index contributed by atoms with van der Waals surface area (Å²) in [5.41, 5.74) is 4.17. The molecule has 152 valence electrons. The number of hydrogen-bond acceptors (Lipinski definition) is 4. The first kappa shape index (κ1) is 22.2. The van der Waals surface area contributed by atoms with E-state index in [0.29, 0.717) is 6.54 Å². The van der Waals surface area contributed by atoms with Crippen molar-refractivity contribution in [2.24, 2.45) is 4.99 Å². The second-order valence-electron chi connectivity index (χ2n) is 6.31. The van der Waals surface area contributed by atoms with Crippen LogP contribution in [0.15, 0.2) is 33.8 Å². The standard InChI is InChI=1S/C20H28N6O.HI/c1-4-15-14(18(5-2)27-26-15)13-23-20(21-6-3)22-12-11-19-24-16-9-7-8-10-17(16)25-19;/h7-10H,4-6,11-13H2,1-3H3,(H,24,25)(H2,21,22,23);1H. The maximum atomic E-state index is 5.42. The van der Waals surface area contributed by atoms with Crippen LogP contribution in [0.25, 0.3) is 11.0 Å². The molecule has 0 unspecified atom stereocenters. The normalized spacial score (nSPS) is 11.5. The molecule has 0 amide bonds. The Labute approximate surface area is 182 Å². The van der Waals surface area contributed by atoms with Crippen LogP contribution < -0.4 is 10.6 Å². The molecule has 2 heterocycles. The molecule has 0 aliphatic carbocycles. The predicted octanol–water partition coefficient (Wildman–Crippen LogP) is 3.59. The smallest absolute Gasteiger partial charge is 0.191 e. The molecule has 0 aliphatic rings. The van der Waals surface area contributed by atoms with Crippen molar-refractivity contribution in [1.29, 1.82) is 0 Å². The molecule has 8 heteroatoms. The van der Waals surface area contributed by atoms with Crippen LogP contribution in [0.5, 0.6) is 0 Å². The summed E-state index contributed by atoms with van der Waals surface area (Å²) in [6.45, 7) is 8.34. The number of nitrogens with zero attached hydrogens (tertiary/aromatic N) is 3. The topological polar surface area (TPSA) is 91.1 Å². The molecule has 0 spiro atoms. The van der Waals surface area contributed by atoms with Gasteiger partial charge in [-0.1, -0.05) is 31.1 Å². The molecule has 28 heavy (non-hydrogen) atoms. The molecule has 0 radical (unpaired) electrons. The molecule has 7 nitrogen and oxygen atoms in total. The number of aromatic nitrogens is 3. The molecule has 0 aliphatic heterocycles. The Bertz CT molecular complexity index is 847. The van der Waals surface area contributed by atoms with E-state index in [1.165, 1.54) is 0 Å². The lowest BCUT2D eigenvalue weighted by molar-refractivity contribution is 0.380. The van der Waals surface area contributed by atoms with Crippen molar-refractivity contribution >= 4 is 41.0 Å². The third-order valence-corrected chi connectivity index (χ3v) is 4.44. The summed E-state index contributed by atoms with van der Waals surface area (Å²) < 4.78 is 5.42. The van der Waals surface area contributed by atoms with Crippen molar-refractivity contribution in [3.63, 3.8) is 0 Å². The first-order valence-electron chi connectivity index (χ1n) is 9.67. The SMILES string of the molecule is CCNC(=NCc1c(CC)noc1CC)NCCc1nc2ccccc2[nH]1.I. The second kappa shape index (κ2) is 11.0. The van der Waals surface area contributed by atoms with Crippen molar-refractivity contribution in [2.75, 3.05) is 13.1 Å². The summed E-state index contributed by atoms with van der Waals surface area (Å²) in [5, 5.41) is 10.8. The largest absolute Gasteiger partial charge is 0.361 e. The fraction of sp³-hybridized carbons (Fsp3) is 0.450. The second-order valence-corrected chi connectivity index (χ2v) is 6.31. The number of hydrogen-bond donors (Lipinski definition) is 3. The van der Waals surface area contributed by atoms with Gasteiger partial charge in [-0.3, -0.25) is 0 Å². The average Bonchev–Trinajstić information content (AvgIpc) is 3.28. The van der Waals surface area contributed by atoms with Gasteiger partial charge in [-0.15, -0.1) is 24.0 Å². The Morgan fingerprint density at radius 2 is 1.96 bits per heavy atom. The van der Waals surface area contributed by atoms with Gasteiger partial charge in [-0.25, -0.2) is 9.98 Å². The first-order chi connectivity index (χ1) is 13.2. The quantitative estimate of drug-likeness (QED) is 0.252. The molecule has 0 saturated heterocycles. The Morgan fingerprint density at radius 1 is 1.14 bits per heavy atom. The van der Waals surface area contributed by atoms with Gasteiger partial charge in [-0.2, -0.15) is 0 Å². The zero-order valence-corrected chi connectivity index (χ0v) is 19.0. The molecule has 0 atom stereocenters. The van der Waals surface area contributed by atoms with E-state index in [1.807, 2.05) is 24.3 Å². The van der Waals surface area contributed by atoms with E-state index in [0.717, 1.165) is 72.2 Å². The number of benzene rings is 1. The number of guanidine groups is 1. The maximum Gasteiger partial charge on any atom is 0.191 e. The molecule has 3 aromatic rings. The summed E-state index contributed by atoms with van der Waals surface area (Å²) in [4.78, 5) is 12.7. The van der Waals surface area contributed by atoms with E-state index < -0.39 is 0 Å². The van der Waals surface area contributed by atoms with Gasteiger partial charge in [0.1, 0.15) is 11.6 Å². The van der Waals surface area contributed by atoms with Crippen molar-refractivity contribution in [3.05, 3.63) is 47.1 Å². The minimum absolute atomic E-state index is 0. The summed E-state index contributed by atoms with van der Waals surface area (Å²) in [6.07, 6.45) is 2.48. The number of imidazole rings is 1. The lowest BCUT2D eigenvalue weighted by Gasteiger charge is -2.10. The Kier molecular flexibility index (Phi) is 8.75. The summed E-state index contributed by atoms with van der Waals surface area (Å²) >= 11 is 0.